The fourth-order valence-electron chi connectivity index (χ4n) is 2.75. The highest BCUT2D eigenvalue weighted by molar-refractivity contribution is 7.85. The fourth-order valence-corrected chi connectivity index (χ4v) is 3.23. The smallest absolute Gasteiger partial charge is 0.294 e. The molecule has 0 bridgehead atoms. The Morgan fingerprint density at radius 1 is 1.21 bits per heavy atom. The molecule has 2 aromatic rings. The van der Waals surface area contributed by atoms with Crippen LogP contribution in [0.1, 0.15) is 39.2 Å². The van der Waals surface area contributed by atoms with E-state index in [1.807, 2.05) is 6.92 Å². The Labute approximate surface area is 172 Å². The quantitative estimate of drug-likeness (QED) is 0.550. The van der Waals surface area contributed by atoms with Crippen LogP contribution in [0.5, 0.6) is 5.75 Å². The van der Waals surface area contributed by atoms with Gasteiger partial charge in [-0.25, -0.2) is 4.98 Å². The molecule has 160 valence electrons. The number of likely N-dealkylation sites (tertiary alicyclic amines) is 1. The van der Waals surface area contributed by atoms with Gasteiger partial charge in [-0.1, -0.05) is 38.5 Å². The molecule has 8 heteroatoms. The Bertz CT molecular complexity index is 880. The summed E-state index contributed by atoms with van der Waals surface area (Å²) >= 11 is 0. The fraction of sp³-hybridized carbons (Fsp3) is 0.476. The van der Waals surface area contributed by atoms with Gasteiger partial charge in [0.05, 0.1) is 11.1 Å². The molecule has 1 aromatic carbocycles. The lowest BCUT2D eigenvalue weighted by molar-refractivity contribution is -0.0886. The third kappa shape index (κ3) is 6.76. The van der Waals surface area contributed by atoms with Crippen molar-refractivity contribution in [2.24, 2.45) is 5.41 Å². The molecular weight excluding hydrogens is 395 g/mol. The van der Waals surface area contributed by atoms with Crippen molar-refractivity contribution in [2.75, 3.05) is 13.1 Å². The van der Waals surface area contributed by atoms with Gasteiger partial charge in [-0.3, -0.25) is 9.45 Å². The molecule has 1 saturated heterocycles. The van der Waals surface area contributed by atoms with Crippen LogP contribution in [-0.2, 0) is 10.1 Å². The second-order valence-corrected chi connectivity index (χ2v) is 9.23. The summed E-state index contributed by atoms with van der Waals surface area (Å²) in [7, 11) is -4.02. The maximum Gasteiger partial charge on any atom is 0.294 e. The van der Waals surface area contributed by atoms with Crippen molar-refractivity contribution in [2.45, 2.75) is 51.7 Å². The number of pyridine rings is 1. The second kappa shape index (κ2) is 9.65. The SMILES string of the molecule is CCC(C)(C)C(Oc1ccc(F)nc1)N1CCC1.Cc1ccc(S(=O)(=O)O)cc1. The Morgan fingerprint density at radius 2 is 1.83 bits per heavy atom. The van der Waals surface area contributed by atoms with Crippen LogP contribution in [0.15, 0.2) is 47.5 Å². The summed E-state index contributed by atoms with van der Waals surface area (Å²) in [6.07, 6.45) is 3.74. The normalized spacial score (nSPS) is 15.7. The molecule has 1 fully saturated rings. The molecule has 3 rings (SSSR count). The Hall–Kier alpha value is -2.03. The van der Waals surface area contributed by atoms with Crippen molar-refractivity contribution in [3.63, 3.8) is 0 Å². The number of hydrogen-bond acceptors (Lipinski definition) is 5. The van der Waals surface area contributed by atoms with E-state index in [1.165, 1.54) is 30.8 Å². The van der Waals surface area contributed by atoms with Crippen LogP contribution < -0.4 is 4.74 Å². The zero-order valence-electron chi connectivity index (χ0n) is 17.3. The summed E-state index contributed by atoms with van der Waals surface area (Å²) in [4.78, 5) is 5.89. The number of hydrogen-bond donors (Lipinski definition) is 1. The molecule has 0 amide bonds. The molecule has 1 unspecified atom stereocenters. The van der Waals surface area contributed by atoms with E-state index in [-0.39, 0.29) is 16.5 Å². The zero-order valence-corrected chi connectivity index (χ0v) is 18.1. The topological polar surface area (TPSA) is 79.7 Å². The predicted octanol–water partition coefficient (Wildman–Crippen LogP) is 4.31. The first-order chi connectivity index (χ1) is 13.5. The van der Waals surface area contributed by atoms with E-state index in [0.29, 0.717) is 5.75 Å². The van der Waals surface area contributed by atoms with Gasteiger partial charge in [0, 0.05) is 18.5 Å². The van der Waals surface area contributed by atoms with Crippen molar-refractivity contribution in [1.29, 1.82) is 0 Å². The Kier molecular flexibility index (Phi) is 7.73. The van der Waals surface area contributed by atoms with Crippen molar-refractivity contribution in [3.05, 3.63) is 54.1 Å². The molecule has 1 aromatic heterocycles. The van der Waals surface area contributed by atoms with E-state index < -0.39 is 16.1 Å². The number of benzene rings is 1. The van der Waals surface area contributed by atoms with Gasteiger partial charge in [-0.2, -0.15) is 12.8 Å². The minimum atomic E-state index is -4.02. The third-order valence-electron chi connectivity index (χ3n) is 5.07. The molecule has 1 aliphatic heterocycles. The van der Waals surface area contributed by atoms with Crippen molar-refractivity contribution in [3.8, 4) is 5.75 Å². The van der Waals surface area contributed by atoms with Gasteiger partial charge in [0.1, 0.15) is 5.75 Å². The van der Waals surface area contributed by atoms with Gasteiger partial charge in [0.15, 0.2) is 6.23 Å². The number of aryl methyl sites for hydroxylation is 1. The number of rotatable bonds is 6. The molecule has 1 N–H and O–H groups in total. The van der Waals surface area contributed by atoms with Crippen molar-refractivity contribution >= 4 is 10.1 Å². The molecule has 6 nitrogen and oxygen atoms in total. The lowest BCUT2D eigenvalue weighted by Gasteiger charge is -2.45. The van der Waals surface area contributed by atoms with Gasteiger partial charge in [-0.15, -0.1) is 0 Å². The molecule has 1 atom stereocenters. The minimum Gasteiger partial charge on any atom is -0.473 e. The average molecular weight is 425 g/mol. The molecule has 2 heterocycles. The first kappa shape index (κ1) is 23.3. The lowest BCUT2D eigenvalue weighted by atomic mass is 9.86. The zero-order chi connectivity index (χ0) is 21.7. The van der Waals surface area contributed by atoms with Crippen molar-refractivity contribution in [1.82, 2.24) is 9.88 Å². The van der Waals surface area contributed by atoms with E-state index in [1.54, 1.807) is 18.2 Å². The van der Waals surface area contributed by atoms with Crippen LogP contribution >= 0.6 is 0 Å². The van der Waals surface area contributed by atoms with Crippen LogP contribution in [-0.4, -0.2) is 42.2 Å². The van der Waals surface area contributed by atoms with Gasteiger partial charge in [-0.05, 0) is 44.0 Å². The van der Waals surface area contributed by atoms with E-state index in [0.717, 1.165) is 25.1 Å². The second-order valence-electron chi connectivity index (χ2n) is 7.81. The maximum absolute atomic E-state index is 12.8. The monoisotopic (exact) mass is 424 g/mol. The number of aromatic nitrogens is 1. The van der Waals surface area contributed by atoms with Gasteiger partial charge in [0.25, 0.3) is 10.1 Å². The summed E-state index contributed by atoms with van der Waals surface area (Å²) in [5.41, 5.74) is 1.02. The highest BCUT2D eigenvalue weighted by atomic mass is 32.2. The highest BCUT2D eigenvalue weighted by Crippen LogP contribution is 2.33. The first-order valence-electron chi connectivity index (χ1n) is 9.59. The predicted molar refractivity (Wildman–Crippen MR) is 110 cm³/mol. The summed E-state index contributed by atoms with van der Waals surface area (Å²) < 4.78 is 48.4. The van der Waals surface area contributed by atoms with E-state index >= 15 is 0 Å². The summed E-state index contributed by atoms with van der Waals surface area (Å²) in [5.74, 6) is 0.160. The minimum absolute atomic E-state index is 0.0310. The molecule has 0 saturated carbocycles. The molecule has 29 heavy (non-hydrogen) atoms. The Balaban J connectivity index is 0.000000234. The number of nitrogens with zero attached hydrogens (tertiary/aromatic N) is 2. The lowest BCUT2D eigenvalue weighted by Crippen LogP contribution is -2.54. The molecule has 0 aliphatic carbocycles. The molecular formula is C21H29FN2O4S. The number of halogens is 1. The van der Waals surface area contributed by atoms with Crippen LogP contribution in [0.2, 0.25) is 0 Å². The Morgan fingerprint density at radius 3 is 2.24 bits per heavy atom. The standard InChI is InChI=1S/C14H21FN2O.C7H8O3S/c1-4-14(2,3)13(17-8-5-9-17)18-11-6-7-12(15)16-10-11;1-6-2-4-7(5-3-6)11(8,9)10/h6-7,10,13H,4-5,8-9H2,1-3H3;2-5H,1H3,(H,8,9,10). The largest absolute Gasteiger partial charge is 0.473 e. The number of ether oxygens (including phenoxy) is 1. The van der Waals surface area contributed by atoms with Crippen LogP contribution in [0.4, 0.5) is 4.39 Å². The van der Waals surface area contributed by atoms with Gasteiger partial charge < -0.3 is 4.74 Å². The van der Waals surface area contributed by atoms with Crippen molar-refractivity contribution < 1.29 is 22.1 Å². The summed E-state index contributed by atoms with van der Waals surface area (Å²) in [5, 5.41) is 0. The van der Waals surface area contributed by atoms with E-state index in [9.17, 15) is 12.8 Å². The average Bonchev–Trinajstić information content (AvgIpc) is 2.61. The van der Waals surface area contributed by atoms with Gasteiger partial charge in [0.2, 0.25) is 5.95 Å². The molecule has 0 radical (unpaired) electrons. The highest BCUT2D eigenvalue weighted by Gasteiger charge is 2.37. The third-order valence-corrected chi connectivity index (χ3v) is 5.94. The molecule has 1 aliphatic rings. The summed E-state index contributed by atoms with van der Waals surface area (Å²) in [6.45, 7) is 10.6. The first-order valence-corrected chi connectivity index (χ1v) is 11.0. The van der Waals surface area contributed by atoms with Gasteiger partial charge >= 0.3 is 0 Å². The van der Waals surface area contributed by atoms with Crippen LogP contribution in [0.3, 0.4) is 0 Å². The maximum atomic E-state index is 12.8. The van der Waals surface area contributed by atoms with Crippen LogP contribution in [0.25, 0.3) is 0 Å². The van der Waals surface area contributed by atoms with E-state index in [4.69, 9.17) is 9.29 Å². The summed E-state index contributed by atoms with van der Waals surface area (Å²) in [6, 6.07) is 8.96. The molecule has 0 spiro atoms. The van der Waals surface area contributed by atoms with E-state index in [2.05, 4.69) is 30.7 Å². The van der Waals surface area contributed by atoms with Crippen LogP contribution in [0, 0.1) is 18.3 Å².